The van der Waals surface area contributed by atoms with Crippen LogP contribution in [0, 0.1) is 17.0 Å². The molecule has 0 aliphatic rings. The normalized spacial score (nSPS) is 11.4. The zero-order valence-corrected chi connectivity index (χ0v) is 14.3. The lowest BCUT2D eigenvalue weighted by atomic mass is 10.2. The van der Waals surface area contributed by atoms with E-state index in [0.29, 0.717) is 0 Å². The smallest absolute Gasteiger partial charge is 0.343 e. The first kappa shape index (κ1) is 18.7. The number of hydrogen-bond donors (Lipinski definition) is 0. The maximum atomic E-state index is 12.0. The van der Waals surface area contributed by atoms with E-state index in [1.807, 2.05) is 6.92 Å². The van der Waals surface area contributed by atoms with Crippen LogP contribution in [0.3, 0.4) is 0 Å². The highest BCUT2D eigenvalue weighted by atomic mass is 32.2. The highest BCUT2D eigenvalue weighted by molar-refractivity contribution is 7.86. The Morgan fingerprint density at radius 1 is 1.32 bits per heavy atom. The number of carbonyl (C=O) groups excluding carboxylic acids is 1. The molecule has 1 aromatic heterocycles. The molecular weight excluding hydrogens is 350 g/mol. The molecule has 134 valence electrons. The predicted molar refractivity (Wildman–Crippen MR) is 87.4 cm³/mol. The Labute approximate surface area is 144 Å². The van der Waals surface area contributed by atoms with Crippen LogP contribution in [-0.2, 0) is 25.6 Å². The third-order valence-corrected chi connectivity index (χ3v) is 4.70. The number of nitro groups is 1. The van der Waals surface area contributed by atoms with E-state index in [9.17, 15) is 23.3 Å². The van der Waals surface area contributed by atoms with E-state index in [2.05, 4.69) is 4.98 Å². The molecule has 2 aromatic rings. The van der Waals surface area contributed by atoms with Crippen LogP contribution < -0.4 is 0 Å². The molecule has 0 unspecified atom stereocenters. The van der Waals surface area contributed by atoms with Gasteiger partial charge in [0.05, 0.1) is 11.5 Å². The third-order valence-electron chi connectivity index (χ3n) is 3.37. The first-order valence-corrected chi connectivity index (χ1v) is 8.83. The summed E-state index contributed by atoms with van der Waals surface area (Å²) < 4.78 is 30.0. The second-order valence-corrected chi connectivity index (χ2v) is 6.98. The average Bonchev–Trinajstić information content (AvgIpc) is 3.00. The molecule has 2 rings (SSSR count). The first-order valence-electron chi connectivity index (χ1n) is 7.42. The summed E-state index contributed by atoms with van der Waals surface area (Å²) in [5, 5.41) is 10.7. The Kier molecular flexibility index (Phi) is 5.99. The minimum absolute atomic E-state index is 0.0404. The SMILES string of the molecule is Cc1ccc(S(=O)(=O)OCCCC(=O)Cn2cncc2[N+](=O)[O-])cc1. The fourth-order valence-corrected chi connectivity index (χ4v) is 3.01. The number of aromatic nitrogens is 2. The summed E-state index contributed by atoms with van der Waals surface area (Å²) in [5.41, 5.74) is 0.929. The maximum Gasteiger partial charge on any atom is 0.343 e. The van der Waals surface area contributed by atoms with Crippen LogP contribution in [0.15, 0.2) is 41.7 Å². The molecule has 9 nitrogen and oxygen atoms in total. The van der Waals surface area contributed by atoms with Crippen LogP contribution in [0.2, 0.25) is 0 Å². The molecule has 0 atom stereocenters. The number of rotatable bonds is 9. The molecule has 0 radical (unpaired) electrons. The summed E-state index contributed by atoms with van der Waals surface area (Å²) in [6.45, 7) is 1.50. The molecule has 1 heterocycles. The van der Waals surface area contributed by atoms with Crippen molar-refractivity contribution in [2.45, 2.75) is 31.2 Å². The molecule has 0 spiro atoms. The third kappa shape index (κ3) is 5.19. The molecule has 0 amide bonds. The number of benzene rings is 1. The van der Waals surface area contributed by atoms with Crippen LogP contribution in [0.5, 0.6) is 0 Å². The van der Waals surface area contributed by atoms with Crippen LogP contribution in [0.4, 0.5) is 5.82 Å². The predicted octanol–water partition coefficient (Wildman–Crippen LogP) is 1.85. The summed E-state index contributed by atoms with van der Waals surface area (Å²) in [6.07, 6.45) is 2.49. The summed E-state index contributed by atoms with van der Waals surface area (Å²) in [5.74, 6) is -0.552. The monoisotopic (exact) mass is 367 g/mol. The van der Waals surface area contributed by atoms with Crippen molar-refractivity contribution < 1.29 is 22.3 Å². The first-order chi connectivity index (χ1) is 11.8. The largest absolute Gasteiger partial charge is 0.358 e. The number of hydrogen-bond acceptors (Lipinski definition) is 7. The molecule has 0 aliphatic carbocycles. The Bertz CT molecular complexity index is 858. The minimum atomic E-state index is -3.86. The molecular formula is C15H17N3O6S. The molecule has 0 saturated carbocycles. The second kappa shape index (κ2) is 7.99. The Balaban J connectivity index is 1.80. The van der Waals surface area contributed by atoms with Gasteiger partial charge in [0.1, 0.15) is 6.20 Å². The van der Waals surface area contributed by atoms with Gasteiger partial charge in [-0.1, -0.05) is 17.7 Å². The van der Waals surface area contributed by atoms with Crippen molar-refractivity contribution in [2.24, 2.45) is 0 Å². The van der Waals surface area contributed by atoms with Crippen molar-refractivity contribution in [3.8, 4) is 0 Å². The van der Waals surface area contributed by atoms with Gasteiger partial charge in [-0.2, -0.15) is 8.42 Å². The van der Waals surface area contributed by atoms with Gasteiger partial charge in [0.15, 0.2) is 18.7 Å². The number of ketones is 1. The van der Waals surface area contributed by atoms with Crippen molar-refractivity contribution in [2.75, 3.05) is 6.61 Å². The van der Waals surface area contributed by atoms with Gasteiger partial charge in [0, 0.05) is 6.42 Å². The lowest BCUT2D eigenvalue weighted by Gasteiger charge is -2.06. The Morgan fingerprint density at radius 3 is 2.64 bits per heavy atom. The van der Waals surface area contributed by atoms with Crippen molar-refractivity contribution in [1.29, 1.82) is 0 Å². The van der Waals surface area contributed by atoms with Gasteiger partial charge in [-0.25, -0.2) is 9.55 Å². The topological polar surface area (TPSA) is 121 Å². The maximum absolute atomic E-state index is 12.0. The van der Waals surface area contributed by atoms with Gasteiger partial charge in [-0.05, 0) is 30.4 Å². The Hall–Kier alpha value is -2.59. The number of aryl methyl sites for hydroxylation is 1. The zero-order valence-electron chi connectivity index (χ0n) is 13.5. The van der Waals surface area contributed by atoms with Crippen LogP contribution >= 0.6 is 0 Å². The van der Waals surface area contributed by atoms with E-state index in [1.54, 1.807) is 12.1 Å². The number of imidazole rings is 1. The lowest BCUT2D eigenvalue weighted by molar-refractivity contribution is -0.392. The van der Waals surface area contributed by atoms with E-state index in [1.165, 1.54) is 18.5 Å². The zero-order chi connectivity index (χ0) is 18.4. The molecule has 0 saturated heterocycles. The molecule has 25 heavy (non-hydrogen) atoms. The summed E-state index contributed by atoms with van der Waals surface area (Å²) >= 11 is 0. The molecule has 10 heteroatoms. The van der Waals surface area contributed by atoms with Crippen molar-refractivity contribution in [3.05, 3.63) is 52.5 Å². The standard InChI is InChI=1S/C15H17N3O6S/c1-12-4-6-14(7-5-12)25(22,23)24-8-2-3-13(19)10-17-11-16-9-15(17)18(20)21/h4-7,9,11H,2-3,8,10H2,1H3. The van der Waals surface area contributed by atoms with Crippen molar-refractivity contribution in [1.82, 2.24) is 9.55 Å². The van der Waals surface area contributed by atoms with E-state index < -0.39 is 15.0 Å². The summed E-state index contributed by atoms with van der Waals surface area (Å²) in [4.78, 5) is 25.6. The number of Topliss-reactive ketones (excluding diaryl/α,β-unsaturated/α-hetero) is 1. The van der Waals surface area contributed by atoms with Gasteiger partial charge >= 0.3 is 5.82 Å². The average molecular weight is 367 g/mol. The fourth-order valence-electron chi connectivity index (χ4n) is 2.07. The van der Waals surface area contributed by atoms with Gasteiger partial charge < -0.3 is 10.1 Å². The van der Waals surface area contributed by atoms with Crippen LogP contribution in [0.25, 0.3) is 0 Å². The second-order valence-electron chi connectivity index (χ2n) is 5.37. The quantitative estimate of drug-likeness (QED) is 0.287. The van der Waals surface area contributed by atoms with Gasteiger partial charge in [-0.3, -0.25) is 8.98 Å². The Morgan fingerprint density at radius 2 is 2.00 bits per heavy atom. The van der Waals surface area contributed by atoms with Crippen molar-refractivity contribution in [3.63, 3.8) is 0 Å². The van der Waals surface area contributed by atoms with Crippen LogP contribution in [0.1, 0.15) is 18.4 Å². The summed E-state index contributed by atoms with van der Waals surface area (Å²) in [7, 11) is -3.86. The van der Waals surface area contributed by atoms with E-state index >= 15 is 0 Å². The lowest BCUT2D eigenvalue weighted by Crippen LogP contribution is -2.13. The van der Waals surface area contributed by atoms with E-state index in [4.69, 9.17) is 4.18 Å². The summed E-state index contributed by atoms with van der Waals surface area (Å²) in [6, 6.07) is 6.23. The number of nitrogens with zero attached hydrogens (tertiary/aromatic N) is 3. The van der Waals surface area contributed by atoms with Crippen LogP contribution in [-0.4, -0.2) is 35.3 Å². The van der Waals surface area contributed by atoms with E-state index in [-0.39, 0.29) is 42.5 Å². The minimum Gasteiger partial charge on any atom is -0.358 e. The van der Waals surface area contributed by atoms with Gasteiger partial charge in [0.25, 0.3) is 10.1 Å². The number of carbonyl (C=O) groups is 1. The molecule has 0 N–H and O–H groups in total. The van der Waals surface area contributed by atoms with Gasteiger partial charge in [-0.15, -0.1) is 0 Å². The fraction of sp³-hybridized carbons (Fsp3) is 0.333. The molecule has 0 aliphatic heterocycles. The van der Waals surface area contributed by atoms with Crippen molar-refractivity contribution >= 4 is 21.7 Å². The van der Waals surface area contributed by atoms with Gasteiger partial charge in [0.2, 0.25) is 0 Å². The molecule has 0 bridgehead atoms. The highest BCUT2D eigenvalue weighted by Gasteiger charge is 2.17. The molecule has 1 aromatic carbocycles. The highest BCUT2D eigenvalue weighted by Crippen LogP contribution is 2.14. The molecule has 0 fully saturated rings. The van der Waals surface area contributed by atoms with E-state index in [0.717, 1.165) is 16.3 Å².